The highest BCUT2D eigenvalue weighted by Crippen LogP contribution is 2.42. The van der Waals surface area contributed by atoms with Crippen LogP contribution in [0.1, 0.15) is 35.6 Å². The molecule has 0 saturated heterocycles. The first-order valence-corrected chi connectivity index (χ1v) is 5.90. The maximum Gasteiger partial charge on any atom is 0.153 e. The molecule has 0 amide bonds. The largest absolute Gasteiger partial charge is 0.392 e. The van der Waals surface area contributed by atoms with Gasteiger partial charge < -0.3 is 5.11 Å². The van der Waals surface area contributed by atoms with Crippen molar-refractivity contribution < 1.29 is 5.11 Å². The highest BCUT2D eigenvalue weighted by molar-refractivity contribution is 5.34. The quantitative estimate of drug-likeness (QED) is 0.875. The van der Waals surface area contributed by atoms with Crippen LogP contribution in [-0.2, 0) is 6.61 Å². The number of pyridine rings is 1. The Hall–Kier alpha value is -1.68. The zero-order valence-electron chi connectivity index (χ0n) is 9.80. The van der Waals surface area contributed by atoms with Gasteiger partial charge in [-0.1, -0.05) is 0 Å². The van der Waals surface area contributed by atoms with Crippen molar-refractivity contribution >= 4 is 0 Å². The number of hydrogen-bond acceptors (Lipinski definition) is 3. The Morgan fingerprint density at radius 2 is 2.29 bits per heavy atom. The monoisotopic (exact) mass is 229 g/mol. The van der Waals surface area contributed by atoms with Crippen LogP contribution in [0.2, 0.25) is 0 Å². The van der Waals surface area contributed by atoms with E-state index in [-0.39, 0.29) is 6.61 Å². The third kappa shape index (κ3) is 1.85. The molecule has 2 aromatic rings. The predicted molar refractivity (Wildman–Crippen MR) is 64.0 cm³/mol. The van der Waals surface area contributed by atoms with Crippen molar-refractivity contribution in [2.45, 2.75) is 32.3 Å². The first kappa shape index (κ1) is 10.5. The van der Waals surface area contributed by atoms with Gasteiger partial charge in [0.1, 0.15) is 0 Å². The molecule has 1 aliphatic carbocycles. The van der Waals surface area contributed by atoms with Gasteiger partial charge in [-0.05, 0) is 37.5 Å². The van der Waals surface area contributed by atoms with Crippen LogP contribution >= 0.6 is 0 Å². The van der Waals surface area contributed by atoms with Crippen molar-refractivity contribution in [2.24, 2.45) is 0 Å². The van der Waals surface area contributed by atoms with Gasteiger partial charge in [-0.25, -0.2) is 9.67 Å². The molecule has 0 unspecified atom stereocenters. The summed E-state index contributed by atoms with van der Waals surface area (Å²) in [6.45, 7) is 2.09. The van der Waals surface area contributed by atoms with E-state index in [4.69, 9.17) is 0 Å². The van der Waals surface area contributed by atoms with Crippen LogP contribution in [0, 0.1) is 6.92 Å². The second-order valence-electron chi connectivity index (χ2n) is 4.59. The Kier molecular flexibility index (Phi) is 2.44. The lowest BCUT2D eigenvalue weighted by Gasteiger charge is -2.07. The number of aromatic nitrogens is 3. The van der Waals surface area contributed by atoms with Crippen molar-refractivity contribution in [1.29, 1.82) is 0 Å². The Labute approximate surface area is 99.9 Å². The van der Waals surface area contributed by atoms with Gasteiger partial charge in [-0.2, -0.15) is 5.10 Å². The van der Waals surface area contributed by atoms with E-state index in [0.29, 0.717) is 5.92 Å². The van der Waals surface area contributed by atoms with Gasteiger partial charge in [-0.15, -0.1) is 0 Å². The number of hydrogen-bond donors (Lipinski definition) is 1. The van der Waals surface area contributed by atoms with Crippen LogP contribution in [0.4, 0.5) is 0 Å². The second kappa shape index (κ2) is 3.96. The molecule has 2 aromatic heterocycles. The van der Waals surface area contributed by atoms with Crippen LogP contribution in [0.15, 0.2) is 24.5 Å². The summed E-state index contributed by atoms with van der Waals surface area (Å²) in [7, 11) is 0. The van der Waals surface area contributed by atoms with Gasteiger partial charge in [0, 0.05) is 17.7 Å². The molecule has 1 aliphatic rings. The topological polar surface area (TPSA) is 50.9 Å². The smallest absolute Gasteiger partial charge is 0.153 e. The minimum Gasteiger partial charge on any atom is -0.392 e. The summed E-state index contributed by atoms with van der Waals surface area (Å²) in [5.41, 5.74) is 3.22. The predicted octanol–water partition coefficient (Wildman–Crippen LogP) is 1.95. The molecular weight excluding hydrogens is 214 g/mol. The van der Waals surface area contributed by atoms with E-state index in [2.05, 4.69) is 10.1 Å². The lowest BCUT2D eigenvalue weighted by atomic mass is 10.2. The van der Waals surface area contributed by atoms with Gasteiger partial charge in [0.25, 0.3) is 0 Å². The molecule has 0 aliphatic heterocycles. The summed E-state index contributed by atoms with van der Waals surface area (Å²) >= 11 is 0. The summed E-state index contributed by atoms with van der Waals surface area (Å²) in [4.78, 5) is 4.35. The van der Waals surface area contributed by atoms with Gasteiger partial charge in [0.2, 0.25) is 0 Å². The van der Waals surface area contributed by atoms with Crippen molar-refractivity contribution in [3.8, 4) is 5.82 Å². The molecule has 1 saturated carbocycles. The number of aliphatic hydroxyl groups excluding tert-OH is 1. The molecule has 17 heavy (non-hydrogen) atoms. The van der Waals surface area contributed by atoms with E-state index in [9.17, 15) is 5.11 Å². The van der Waals surface area contributed by atoms with E-state index in [1.807, 2.05) is 23.7 Å². The zero-order valence-corrected chi connectivity index (χ0v) is 9.80. The molecule has 4 nitrogen and oxygen atoms in total. The van der Waals surface area contributed by atoms with Gasteiger partial charge in [0.15, 0.2) is 5.82 Å². The SMILES string of the molecule is Cc1ccnc(-n2ncc(CO)c2C2CC2)c1. The minimum atomic E-state index is 0.0532. The molecule has 4 heteroatoms. The summed E-state index contributed by atoms with van der Waals surface area (Å²) < 4.78 is 1.87. The maximum atomic E-state index is 9.34. The van der Waals surface area contributed by atoms with Gasteiger partial charge in [0.05, 0.1) is 18.5 Å². The van der Waals surface area contributed by atoms with E-state index < -0.39 is 0 Å². The lowest BCUT2D eigenvalue weighted by Crippen LogP contribution is -2.05. The van der Waals surface area contributed by atoms with E-state index in [0.717, 1.165) is 22.6 Å². The molecule has 0 spiro atoms. The molecule has 2 heterocycles. The van der Waals surface area contributed by atoms with Crippen molar-refractivity contribution in [3.63, 3.8) is 0 Å². The molecule has 0 aromatic carbocycles. The van der Waals surface area contributed by atoms with Gasteiger partial charge >= 0.3 is 0 Å². The Morgan fingerprint density at radius 3 is 2.94 bits per heavy atom. The number of rotatable bonds is 3. The summed E-state index contributed by atoms with van der Waals surface area (Å²) in [6.07, 6.45) is 5.91. The average molecular weight is 229 g/mol. The Morgan fingerprint density at radius 1 is 1.47 bits per heavy atom. The summed E-state index contributed by atoms with van der Waals surface area (Å²) in [5, 5.41) is 13.7. The molecular formula is C13H15N3O. The molecule has 88 valence electrons. The van der Waals surface area contributed by atoms with Crippen LogP contribution < -0.4 is 0 Å². The molecule has 0 radical (unpaired) electrons. The van der Waals surface area contributed by atoms with Crippen LogP contribution in [0.25, 0.3) is 5.82 Å². The van der Waals surface area contributed by atoms with Crippen molar-refractivity contribution in [3.05, 3.63) is 41.3 Å². The highest BCUT2D eigenvalue weighted by atomic mass is 16.3. The normalized spacial score (nSPS) is 15.2. The fourth-order valence-corrected chi connectivity index (χ4v) is 2.12. The fourth-order valence-electron chi connectivity index (χ4n) is 2.12. The van der Waals surface area contributed by atoms with Crippen molar-refractivity contribution in [1.82, 2.24) is 14.8 Å². The van der Waals surface area contributed by atoms with Crippen LogP contribution in [0.5, 0.6) is 0 Å². The highest BCUT2D eigenvalue weighted by Gasteiger charge is 2.30. The van der Waals surface area contributed by atoms with Crippen LogP contribution in [0.3, 0.4) is 0 Å². The van der Waals surface area contributed by atoms with E-state index in [1.54, 1.807) is 12.4 Å². The zero-order chi connectivity index (χ0) is 11.8. The lowest BCUT2D eigenvalue weighted by molar-refractivity contribution is 0.280. The fraction of sp³-hybridized carbons (Fsp3) is 0.385. The number of nitrogens with zero attached hydrogens (tertiary/aromatic N) is 3. The Bertz CT molecular complexity index is 543. The summed E-state index contributed by atoms with van der Waals surface area (Å²) in [5.74, 6) is 1.38. The van der Waals surface area contributed by atoms with Crippen molar-refractivity contribution in [2.75, 3.05) is 0 Å². The molecule has 0 atom stereocenters. The minimum absolute atomic E-state index is 0.0532. The molecule has 3 rings (SSSR count). The maximum absolute atomic E-state index is 9.34. The average Bonchev–Trinajstić information content (AvgIpc) is 3.08. The first-order chi connectivity index (χ1) is 8.29. The molecule has 1 fully saturated rings. The standard InChI is InChI=1S/C13H15N3O/c1-9-4-5-14-12(6-9)16-13(10-2-3-10)11(8-17)7-15-16/h4-7,10,17H,2-3,8H2,1H3. The second-order valence-corrected chi connectivity index (χ2v) is 4.59. The van der Waals surface area contributed by atoms with E-state index >= 15 is 0 Å². The first-order valence-electron chi connectivity index (χ1n) is 5.90. The van der Waals surface area contributed by atoms with Crippen LogP contribution in [-0.4, -0.2) is 19.9 Å². The number of aryl methyl sites for hydroxylation is 1. The third-order valence-electron chi connectivity index (χ3n) is 3.14. The number of aliphatic hydroxyl groups is 1. The van der Waals surface area contributed by atoms with E-state index in [1.165, 1.54) is 12.8 Å². The third-order valence-corrected chi connectivity index (χ3v) is 3.14. The van der Waals surface area contributed by atoms with Gasteiger partial charge in [-0.3, -0.25) is 0 Å². The molecule has 0 bridgehead atoms. The molecule has 1 N–H and O–H groups in total. The Balaban J connectivity index is 2.11. The summed E-state index contributed by atoms with van der Waals surface area (Å²) in [6, 6.07) is 3.98.